The van der Waals surface area contributed by atoms with E-state index in [9.17, 15) is 13.2 Å². The van der Waals surface area contributed by atoms with Gasteiger partial charge in [-0.15, -0.1) is 0 Å². The standard InChI is InChI=1S/C10H10F3N/c1-2-6-14-9-5-3-4-8(7-9)10(11,12)13/h2-7,14H,1H3. The van der Waals surface area contributed by atoms with Crippen LogP contribution in [0.25, 0.3) is 0 Å². The van der Waals surface area contributed by atoms with Gasteiger partial charge in [0.2, 0.25) is 0 Å². The molecule has 14 heavy (non-hydrogen) atoms. The van der Waals surface area contributed by atoms with Crippen molar-refractivity contribution in [3.63, 3.8) is 0 Å². The van der Waals surface area contributed by atoms with E-state index in [0.29, 0.717) is 5.69 Å². The molecule has 0 saturated carbocycles. The van der Waals surface area contributed by atoms with Gasteiger partial charge in [0, 0.05) is 5.69 Å². The van der Waals surface area contributed by atoms with E-state index in [2.05, 4.69) is 5.32 Å². The van der Waals surface area contributed by atoms with Crippen LogP contribution < -0.4 is 5.32 Å². The van der Waals surface area contributed by atoms with Gasteiger partial charge < -0.3 is 5.32 Å². The van der Waals surface area contributed by atoms with Crippen molar-refractivity contribution in [2.75, 3.05) is 5.32 Å². The fourth-order valence-corrected chi connectivity index (χ4v) is 0.965. The Bertz CT molecular complexity index is 328. The molecule has 0 aliphatic carbocycles. The fraction of sp³-hybridized carbons (Fsp3) is 0.200. The van der Waals surface area contributed by atoms with Crippen LogP contribution in [0.3, 0.4) is 0 Å². The van der Waals surface area contributed by atoms with Gasteiger partial charge in [-0.2, -0.15) is 13.2 Å². The van der Waals surface area contributed by atoms with E-state index in [4.69, 9.17) is 0 Å². The van der Waals surface area contributed by atoms with Crippen molar-refractivity contribution in [2.45, 2.75) is 13.1 Å². The number of anilines is 1. The van der Waals surface area contributed by atoms with Crippen LogP contribution in [0.15, 0.2) is 36.5 Å². The Morgan fingerprint density at radius 2 is 2.00 bits per heavy atom. The van der Waals surface area contributed by atoms with E-state index in [1.807, 2.05) is 0 Å². The maximum absolute atomic E-state index is 12.2. The van der Waals surface area contributed by atoms with Crippen molar-refractivity contribution < 1.29 is 13.2 Å². The summed E-state index contributed by atoms with van der Waals surface area (Å²) in [5, 5.41) is 2.73. The van der Waals surface area contributed by atoms with Gasteiger partial charge in [0.25, 0.3) is 0 Å². The molecule has 1 N–H and O–H groups in total. The molecule has 0 saturated heterocycles. The number of nitrogens with one attached hydrogen (secondary N) is 1. The first-order chi connectivity index (χ1) is 6.54. The van der Waals surface area contributed by atoms with E-state index in [1.54, 1.807) is 25.3 Å². The van der Waals surface area contributed by atoms with Gasteiger partial charge in [0.1, 0.15) is 0 Å². The molecule has 0 heterocycles. The zero-order valence-electron chi connectivity index (χ0n) is 7.60. The number of hydrogen-bond donors (Lipinski definition) is 1. The summed E-state index contributed by atoms with van der Waals surface area (Å²) in [7, 11) is 0. The molecule has 0 radical (unpaired) electrons. The highest BCUT2D eigenvalue weighted by Crippen LogP contribution is 2.30. The zero-order valence-corrected chi connectivity index (χ0v) is 7.60. The Labute approximate surface area is 80.2 Å². The van der Waals surface area contributed by atoms with Crippen molar-refractivity contribution >= 4 is 5.69 Å². The third kappa shape index (κ3) is 2.80. The molecule has 1 nitrogen and oxygen atoms in total. The number of hydrogen-bond acceptors (Lipinski definition) is 1. The van der Waals surface area contributed by atoms with Crippen LogP contribution in [-0.2, 0) is 6.18 Å². The molecule has 0 fully saturated rings. The number of allylic oxidation sites excluding steroid dienone is 1. The van der Waals surface area contributed by atoms with Crippen molar-refractivity contribution in [2.24, 2.45) is 0 Å². The monoisotopic (exact) mass is 201 g/mol. The first-order valence-electron chi connectivity index (χ1n) is 4.09. The number of rotatable bonds is 2. The van der Waals surface area contributed by atoms with Gasteiger partial charge in [-0.3, -0.25) is 0 Å². The Morgan fingerprint density at radius 3 is 2.57 bits per heavy atom. The number of benzene rings is 1. The number of alkyl halides is 3. The van der Waals surface area contributed by atoms with Gasteiger partial charge in [0.15, 0.2) is 0 Å². The summed E-state index contributed by atoms with van der Waals surface area (Å²) in [6, 6.07) is 5.06. The van der Waals surface area contributed by atoms with E-state index in [1.165, 1.54) is 6.07 Å². The van der Waals surface area contributed by atoms with Gasteiger partial charge in [-0.25, -0.2) is 0 Å². The van der Waals surface area contributed by atoms with Gasteiger partial charge in [-0.05, 0) is 31.3 Å². The Balaban J connectivity index is 2.90. The van der Waals surface area contributed by atoms with Crippen molar-refractivity contribution in [1.82, 2.24) is 0 Å². The first kappa shape index (κ1) is 10.6. The summed E-state index contributed by atoms with van der Waals surface area (Å²) in [4.78, 5) is 0. The summed E-state index contributed by atoms with van der Waals surface area (Å²) in [5.74, 6) is 0. The average Bonchev–Trinajstić information content (AvgIpc) is 2.14. The molecule has 0 amide bonds. The minimum absolute atomic E-state index is 0.429. The van der Waals surface area contributed by atoms with Crippen molar-refractivity contribution in [3.8, 4) is 0 Å². The van der Waals surface area contributed by atoms with Crippen LogP contribution >= 0.6 is 0 Å². The second kappa shape index (κ2) is 4.17. The van der Waals surface area contributed by atoms with Crippen LogP contribution in [0, 0.1) is 0 Å². The van der Waals surface area contributed by atoms with Gasteiger partial charge in [-0.1, -0.05) is 12.1 Å². The molecule has 76 valence electrons. The van der Waals surface area contributed by atoms with E-state index in [-0.39, 0.29) is 0 Å². The molecule has 0 unspecified atom stereocenters. The van der Waals surface area contributed by atoms with Crippen LogP contribution in [0.5, 0.6) is 0 Å². The smallest absolute Gasteiger partial charge is 0.362 e. The maximum atomic E-state index is 12.2. The molecular weight excluding hydrogens is 191 g/mol. The summed E-state index contributed by atoms with van der Waals surface area (Å²) >= 11 is 0. The zero-order chi connectivity index (χ0) is 10.6. The van der Waals surface area contributed by atoms with Crippen molar-refractivity contribution in [1.29, 1.82) is 0 Å². The molecule has 0 atom stereocenters. The third-order valence-corrected chi connectivity index (χ3v) is 1.61. The Morgan fingerprint density at radius 1 is 1.29 bits per heavy atom. The van der Waals surface area contributed by atoms with E-state index < -0.39 is 11.7 Å². The van der Waals surface area contributed by atoms with E-state index >= 15 is 0 Å². The van der Waals surface area contributed by atoms with Crippen LogP contribution in [0.4, 0.5) is 18.9 Å². The molecule has 0 spiro atoms. The lowest BCUT2D eigenvalue weighted by atomic mass is 10.2. The second-order valence-electron chi connectivity index (χ2n) is 2.72. The molecule has 1 aromatic carbocycles. The predicted octanol–water partition coefficient (Wildman–Crippen LogP) is 3.65. The SMILES string of the molecule is CC=CNc1cccc(C(F)(F)F)c1. The lowest BCUT2D eigenvalue weighted by molar-refractivity contribution is -0.137. The highest BCUT2D eigenvalue weighted by Gasteiger charge is 2.30. The molecule has 0 aliphatic rings. The van der Waals surface area contributed by atoms with Crippen LogP contribution in [-0.4, -0.2) is 0 Å². The van der Waals surface area contributed by atoms with Crippen LogP contribution in [0.2, 0.25) is 0 Å². The topological polar surface area (TPSA) is 12.0 Å². The summed E-state index contributed by atoms with van der Waals surface area (Å²) in [6.07, 6.45) is -0.997. The number of halogens is 3. The minimum atomic E-state index is -4.28. The summed E-state index contributed by atoms with van der Waals surface area (Å²) in [5.41, 5.74) is -0.218. The Kier molecular flexibility index (Phi) is 3.17. The molecule has 0 bridgehead atoms. The van der Waals surface area contributed by atoms with Crippen LogP contribution in [0.1, 0.15) is 12.5 Å². The predicted molar refractivity (Wildman–Crippen MR) is 49.9 cm³/mol. The van der Waals surface area contributed by atoms with E-state index in [0.717, 1.165) is 12.1 Å². The molecule has 1 rings (SSSR count). The second-order valence-corrected chi connectivity index (χ2v) is 2.72. The Hall–Kier alpha value is -1.45. The lowest BCUT2D eigenvalue weighted by Gasteiger charge is -2.08. The summed E-state index contributed by atoms with van der Waals surface area (Å²) < 4.78 is 36.7. The minimum Gasteiger partial charge on any atom is -0.362 e. The largest absolute Gasteiger partial charge is 0.416 e. The van der Waals surface area contributed by atoms with Gasteiger partial charge in [0.05, 0.1) is 5.56 Å². The molecule has 0 aromatic heterocycles. The molecule has 4 heteroatoms. The highest BCUT2D eigenvalue weighted by atomic mass is 19.4. The molecule has 1 aromatic rings. The lowest BCUT2D eigenvalue weighted by Crippen LogP contribution is -2.04. The fourth-order valence-electron chi connectivity index (χ4n) is 0.965. The summed E-state index contributed by atoms with van der Waals surface area (Å²) in [6.45, 7) is 1.78. The quantitative estimate of drug-likeness (QED) is 0.770. The molecular formula is C10H10F3N. The third-order valence-electron chi connectivity index (χ3n) is 1.61. The normalized spacial score (nSPS) is 12.0. The highest BCUT2D eigenvalue weighted by molar-refractivity contribution is 5.48. The molecule has 0 aliphatic heterocycles. The first-order valence-corrected chi connectivity index (χ1v) is 4.09. The maximum Gasteiger partial charge on any atom is 0.416 e. The van der Waals surface area contributed by atoms with Gasteiger partial charge >= 0.3 is 6.18 Å². The van der Waals surface area contributed by atoms with Crippen molar-refractivity contribution in [3.05, 3.63) is 42.1 Å². The average molecular weight is 201 g/mol.